The van der Waals surface area contributed by atoms with Crippen molar-refractivity contribution in [1.29, 1.82) is 5.26 Å². The summed E-state index contributed by atoms with van der Waals surface area (Å²) in [5.74, 6) is -1.52. The van der Waals surface area contributed by atoms with E-state index in [-0.39, 0.29) is 11.8 Å². The Morgan fingerprint density at radius 1 is 1.30 bits per heavy atom. The van der Waals surface area contributed by atoms with Gasteiger partial charge in [0.1, 0.15) is 5.76 Å². The number of hydrogen-bond donors (Lipinski definition) is 1. The van der Waals surface area contributed by atoms with Gasteiger partial charge in [-0.3, -0.25) is 9.59 Å². The van der Waals surface area contributed by atoms with Crippen molar-refractivity contribution in [3.05, 3.63) is 23.2 Å². The molecule has 1 fully saturated rings. The summed E-state index contributed by atoms with van der Waals surface area (Å²) in [4.78, 5) is 24.8. The zero-order chi connectivity index (χ0) is 16.8. The molecule has 0 aromatic carbocycles. The number of aryl methyl sites for hydroxylation is 2. The Labute approximate surface area is 137 Å². The predicted molar refractivity (Wildman–Crippen MR) is 85.9 cm³/mol. The molecule has 1 aliphatic rings. The second kappa shape index (κ2) is 7.96. The molecule has 1 heterocycles. The van der Waals surface area contributed by atoms with Crippen molar-refractivity contribution in [3.8, 4) is 6.07 Å². The monoisotopic (exact) mass is 316 g/mol. The number of carbonyl (C=O) groups excluding carboxylic acids is 2. The Hall–Kier alpha value is -2.09. The first-order valence-electron chi connectivity index (χ1n) is 8.46. The predicted octanol–water partition coefficient (Wildman–Crippen LogP) is 3.18. The quantitative estimate of drug-likeness (QED) is 0.645. The second-order valence-corrected chi connectivity index (χ2v) is 6.04. The molecule has 23 heavy (non-hydrogen) atoms. The highest BCUT2D eigenvalue weighted by molar-refractivity contribution is 6.11. The Kier molecular flexibility index (Phi) is 5.97. The molecule has 1 aromatic heterocycles. The van der Waals surface area contributed by atoms with Gasteiger partial charge >= 0.3 is 0 Å². The molecule has 5 nitrogen and oxygen atoms in total. The fourth-order valence-electron chi connectivity index (χ4n) is 3.10. The van der Waals surface area contributed by atoms with Gasteiger partial charge in [-0.15, -0.1) is 0 Å². The van der Waals surface area contributed by atoms with Gasteiger partial charge in [0, 0.05) is 12.5 Å². The first-order valence-corrected chi connectivity index (χ1v) is 8.46. The minimum absolute atomic E-state index is 0.0777. The molecule has 1 saturated carbocycles. The fraction of sp³-hybridized carbons (Fsp3) is 0.611. The first-order chi connectivity index (χ1) is 11.1. The second-order valence-electron chi connectivity index (χ2n) is 6.04. The maximum Gasteiger partial charge on any atom is 0.245 e. The van der Waals surface area contributed by atoms with E-state index < -0.39 is 17.6 Å². The number of furan rings is 1. The third kappa shape index (κ3) is 4.01. The molecule has 1 N–H and O–H groups in total. The van der Waals surface area contributed by atoms with E-state index in [2.05, 4.69) is 5.32 Å². The number of hydrogen-bond acceptors (Lipinski definition) is 4. The number of amides is 1. The van der Waals surface area contributed by atoms with Gasteiger partial charge in [0.2, 0.25) is 11.7 Å². The standard InChI is InChI=1S/C18H24N2O3/c1-3-12-10-16(23-15(12)4-2)17(21)14(11-19)18(22)20-13-8-6-5-7-9-13/h10,13-14H,3-9H2,1-2H3,(H,20,22). The number of nitrogens with one attached hydrogen (secondary N) is 1. The topological polar surface area (TPSA) is 83.1 Å². The highest BCUT2D eigenvalue weighted by atomic mass is 16.3. The van der Waals surface area contributed by atoms with Crippen LogP contribution in [0.25, 0.3) is 0 Å². The van der Waals surface area contributed by atoms with Crippen LogP contribution in [0.15, 0.2) is 10.5 Å². The number of nitriles is 1. The van der Waals surface area contributed by atoms with Gasteiger partial charge in [0.25, 0.3) is 0 Å². The highest BCUT2D eigenvalue weighted by Crippen LogP contribution is 2.21. The molecule has 0 saturated heterocycles. The molecule has 0 radical (unpaired) electrons. The average molecular weight is 316 g/mol. The van der Waals surface area contributed by atoms with Crippen LogP contribution >= 0.6 is 0 Å². The molecular weight excluding hydrogens is 292 g/mol. The van der Waals surface area contributed by atoms with Crippen LogP contribution in [0.4, 0.5) is 0 Å². The van der Waals surface area contributed by atoms with E-state index in [0.717, 1.165) is 43.4 Å². The van der Waals surface area contributed by atoms with E-state index in [1.807, 2.05) is 19.9 Å². The molecule has 0 spiro atoms. The third-order valence-electron chi connectivity index (χ3n) is 4.45. The molecule has 0 bridgehead atoms. The van der Waals surface area contributed by atoms with Crippen LogP contribution in [0.1, 0.15) is 67.8 Å². The van der Waals surface area contributed by atoms with Gasteiger partial charge in [0.15, 0.2) is 11.7 Å². The van der Waals surface area contributed by atoms with Crippen LogP contribution < -0.4 is 5.32 Å². The number of Topliss-reactive ketones (excluding diaryl/α,β-unsaturated/α-hetero) is 1. The number of rotatable bonds is 6. The molecule has 124 valence electrons. The van der Waals surface area contributed by atoms with Crippen molar-refractivity contribution >= 4 is 11.7 Å². The van der Waals surface area contributed by atoms with Gasteiger partial charge in [-0.1, -0.05) is 33.1 Å². The lowest BCUT2D eigenvalue weighted by Crippen LogP contribution is -2.41. The third-order valence-corrected chi connectivity index (χ3v) is 4.45. The smallest absolute Gasteiger partial charge is 0.245 e. The van der Waals surface area contributed by atoms with E-state index in [1.54, 1.807) is 6.07 Å². The maximum atomic E-state index is 12.5. The lowest BCUT2D eigenvalue weighted by molar-refractivity contribution is -0.123. The molecule has 5 heteroatoms. The normalized spacial score (nSPS) is 16.6. The minimum Gasteiger partial charge on any atom is -0.458 e. The Morgan fingerprint density at radius 3 is 2.52 bits per heavy atom. The fourth-order valence-corrected chi connectivity index (χ4v) is 3.10. The van der Waals surface area contributed by atoms with Crippen LogP contribution in [0.5, 0.6) is 0 Å². The summed E-state index contributed by atoms with van der Waals surface area (Å²) in [7, 11) is 0. The molecule has 1 aliphatic carbocycles. The summed E-state index contributed by atoms with van der Waals surface area (Å²) in [6.45, 7) is 3.93. The van der Waals surface area contributed by atoms with E-state index in [1.165, 1.54) is 6.42 Å². The van der Waals surface area contributed by atoms with Crippen LogP contribution in [0, 0.1) is 17.2 Å². The van der Waals surface area contributed by atoms with Crippen LogP contribution in [0.3, 0.4) is 0 Å². The summed E-state index contributed by atoms with van der Waals surface area (Å²) in [6.07, 6.45) is 6.60. The van der Waals surface area contributed by atoms with E-state index >= 15 is 0 Å². The number of nitrogens with zero attached hydrogens (tertiary/aromatic N) is 1. The SMILES string of the molecule is CCc1cc(C(=O)C(C#N)C(=O)NC2CCCCC2)oc1CC. The Balaban J connectivity index is 2.09. The van der Waals surface area contributed by atoms with Gasteiger partial charge in [-0.05, 0) is 30.9 Å². The molecule has 1 unspecified atom stereocenters. The van der Waals surface area contributed by atoms with Crippen molar-refractivity contribution < 1.29 is 14.0 Å². The highest BCUT2D eigenvalue weighted by Gasteiger charge is 2.32. The minimum atomic E-state index is -1.34. The van der Waals surface area contributed by atoms with Gasteiger partial charge in [-0.2, -0.15) is 5.26 Å². The van der Waals surface area contributed by atoms with E-state index in [4.69, 9.17) is 4.42 Å². The first kappa shape index (κ1) is 17.3. The zero-order valence-corrected chi connectivity index (χ0v) is 13.9. The van der Waals surface area contributed by atoms with Crippen molar-refractivity contribution in [2.45, 2.75) is 64.8 Å². The van der Waals surface area contributed by atoms with Crippen molar-refractivity contribution in [2.24, 2.45) is 5.92 Å². The van der Waals surface area contributed by atoms with E-state index in [0.29, 0.717) is 6.42 Å². The summed E-state index contributed by atoms with van der Waals surface area (Å²) in [5.41, 5.74) is 0.959. The van der Waals surface area contributed by atoms with Crippen molar-refractivity contribution in [3.63, 3.8) is 0 Å². The number of ketones is 1. The van der Waals surface area contributed by atoms with Crippen molar-refractivity contribution in [2.75, 3.05) is 0 Å². The van der Waals surface area contributed by atoms with Crippen LogP contribution in [-0.4, -0.2) is 17.7 Å². The number of carbonyl (C=O) groups is 2. The maximum absolute atomic E-state index is 12.5. The van der Waals surface area contributed by atoms with Gasteiger partial charge in [-0.25, -0.2) is 0 Å². The summed E-state index contributed by atoms with van der Waals surface area (Å²) in [6, 6.07) is 3.58. The van der Waals surface area contributed by atoms with Gasteiger partial charge < -0.3 is 9.73 Å². The summed E-state index contributed by atoms with van der Waals surface area (Å²) >= 11 is 0. The van der Waals surface area contributed by atoms with Crippen LogP contribution in [0.2, 0.25) is 0 Å². The zero-order valence-electron chi connectivity index (χ0n) is 13.9. The molecule has 1 atom stereocenters. The largest absolute Gasteiger partial charge is 0.458 e. The molecule has 1 aromatic rings. The lowest BCUT2D eigenvalue weighted by atomic mass is 9.94. The van der Waals surface area contributed by atoms with Crippen molar-refractivity contribution in [1.82, 2.24) is 5.32 Å². The average Bonchev–Trinajstić information content (AvgIpc) is 2.99. The molecule has 0 aliphatic heterocycles. The molecule has 2 rings (SSSR count). The van der Waals surface area contributed by atoms with Gasteiger partial charge in [0.05, 0.1) is 6.07 Å². The molecular formula is C18H24N2O3. The summed E-state index contributed by atoms with van der Waals surface area (Å²) in [5, 5.41) is 12.1. The lowest BCUT2D eigenvalue weighted by Gasteiger charge is -2.23. The summed E-state index contributed by atoms with van der Waals surface area (Å²) < 4.78 is 5.56. The van der Waals surface area contributed by atoms with Crippen LogP contribution in [-0.2, 0) is 17.6 Å². The van der Waals surface area contributed by atoms with E-state index in [9.17, 15) is 14.9 Å². The Bertz CT molecular complexity index is 585. The Morgan fingerprint density at radius 2 is 2.00 bits per heavy atom. The molecule has 1 amide bonds.